The fraction of sp³-hybridized carbons (Fsp3) is 0.714. The zero-order chi connectivity index (χ0) is 48.1. The van der Waals surface area contributed by atoms with E-state index in [4.69, 9.17) is 28.4 Å². The second-order valence-electron chi connectivity index (χ2n) is 16.7. The van der Waals surface area contributed by atoms with Crippen LogP contribution in [0.3, 0.4) is 0 Å². The average molecular weight is 1000 g/mol. The van der Waals surface area contributed by atoms with Crippen molar-refractivity contribution in [3.05, 3.63) is 33.4 Å². The van der Waals surface area contributed by atoms with Gasteiger partial charge in [0.25, 0.3) is 0 Å². The molecular weight excluding hydrogens is 931 g/mol. The number of hydrogen-bond donors (Lipinski definition) is 3. The van der Waals surface area contributed by atoms with E-state index in [0.717, 1.165) is 19.3 Å². The molecule has 1 rings (SSSR count). The molecule has 0 aromatic heterocycles. The highest BCUT2D eigenvalue weighted by molar-refractivity contribution is 8.77. The highest BCUT2D eigenvalue weighted by Gasteiger charge is 2.29. The Bertz CT molecular complexity index is 1470. The zero-order valence-corrected chi connectivity index (χ0v) is 44.3. The summed E-state index contributed by atoms with van der Waals surface area (Å²) >= 11 is 0. The first-order valence-electron chi connectivity index (χ1n) is 20.5. The van der Waals surface area contributed by atoms with Crippen molar-refractivity contribution >= 4 is 101 Å². The summed E-state index contributed by atoms with van der Waals surface area (Å²) < 4.78 is 31.1. The molecule has 63 heavy (non-hydrogen) atoms. The first kappa shape index (κ1) is 58.6. The summed E-state index contributed by atoms with van der Waals surface area (Å²) in [6.45, 7) is 22.1. The van der Waals surface area contributed by atoms with Gasteiger partial charge in [0.2, 0.25) is 0 Å². The van der Waals surface area contributed by atoms with Crippen molar-refractivity contribution in [1.29, 1.82) is 0 Å². The highest BCUT2D eigenvalue weighted by Crippen LogP contribution is 2.41. The number of nitrogens with one attached hydrogen (secondary N) is 3. The molecule has 0 fully saturated rings. The molecule has 0 spiro atoms. The van der Waals surface area contributed by atoms with Gasteiger partial charge in [0, 0.05) is 34.5 Å². The number of alkyl carbamates (subject to hydrolysis) is 3. The van der Waals surface area contributed by atoms with Crippen molar-refractivity contribution in [3.8, 4) is 0 Å². The molecule has 3 atom stereocenters. The Morgan fingerprint density at radius 3 is 0.810 bits per heavy atom. The number of carbonyl (C=O) groups excluding carboxylic acids is 6. The van der Waals surface area contributed by atoms with Gasteiger partial charge >= 0.3 is 36.2 Å². The predicted octanol–water partition coefficient (Wildman–Crippen LogP) is 9.22. The minimum Gasteiger partial charge on any atom is -0.467 e. The van der Waals surface area contributed by atoms with Crippen LogP contribution >= 0.6 is 64.8 Å². The third-order valence-corrected chi connectivity index (χ3v) is 15.3. The second kappa shape index (κ2) is 28.5. The van der Waals surface area contributed by atoms with Crippen molar-refractivity contribution in [2.75, 3.05) is 38.6 Å². The largest absolute Gasteiger partial charge is 0.467 e. The number of rotatable bonds is 24. The monoisotopic (exact) mass is 999 g/mol. The van der Waals surface area contributed by atoms with Crippen LogP contribution in [0, 0.1) is 0 Å². The Hall–Kier alpha value is -2.46. The molecule has 3 N–H and O–H groups in total. The van der Waals surface area contributed by atoms with E-state index < -0.39 is 71.1 Å². The van der Waals surface area contributed by atoms with Crippen LogP contribution in [-0.2, 0) is 79.3 Å². The van der Waals surface area contributed by atoms with Crippen LogP contribution in [0.1, 0.15) is 116 Å². The van der Waals surface area contributed by atoms with Crippen molar-refractivity contribution in [3.63, 3.8) is 0 Å². The van der Waals surface area contributed by atoms with Gasteiger partial charge in [-0.05, 0) is 115 Å². The van der Waals surface area contributed by atoms with Crippen molar-refractivity contribution in [1.82, 2.24) is 16.0 Å². The summed E-state index contributed by atoms with van der Waals surface area (Å²) in [5.74, 6) is 0.787. The van der Waals surface area contributed by atoms with Gasteiger partial charge in [-0.2, -0.15) is 0 Å². The molecule has 360 valence electrons. The van der Waals surface area contributed by atoms with Gasteiger partial charge in [0.05, 0.1) is 21.3 Å². The molecule has 0 radical (unpaired) electrons. The maximum atomic E-state index is 12.7. The van der Waals surface area contributed by atoms with E-state index in [1.807, 2.05) is 0 Å². The van der Waals surface area contributed by atoms with Crippen molar-refractivity contribution in [2.45, 2.75) is 155 Å². The number of benzene rings is 1. The van der Waals surface area contributed by atoms with E-state index in [1.54, 1.807) is 94.7 Å². The number of hydrogen-bond acceptors (Lipinski definition) is 18. The third-order valence-electron chi connectivity index (χ3n) is 8.34. The minimum absolute atomic E-state index is 0.239. The first-order valence-corrected chi connectivity index (χ1v) is 27.9. The lowest BCUT2D eigenvalue weighted by Gasteiger charge is -2.26. The molecule has 0 aliphatic rings. The SMILES string of the molecule is CCc1c(CSSC[C@H](NC(=O)OC(C)(C)C)C(=O)OC)c(CC)c(CSSC[C@H](NC(=O)OC(C)(C)C)C(=O)OC)c(CC)c1CSSC[C@H](NC(=O)OC(C)(C)C)C(=O)OC. The highest BCUT2D eigenvalue weighted by atomic mass is 33.1. The Morgan fingerprint density at radius 2 is 0.635 bits per heavy atom. The van der Waals surface area contributed by atoms with Gasteiger partial charge in [0.1, 0.15) is 34.9 Å². The van der Waals surface area contributed by atoms with E-state index in [9.17, 15) is 28.8 Å². The standard InChI is InChI=1S/C42H69N3O12S6/c1-16-25-28(19-58-61-22-31(34(46)52-13)43-37(49)55-40(4,5)6)26(17-2)30(21-60-63-24-33(36(48)54-15)45-39(51)57-42(10,11)12)27(18-3)29(25)20-59-62-23-32(35(47)53-14)44-38(50)56-41(7,8)9/h31-33H,16-24H2,1-15H3,(H,43,49)(H,44,50)(H,45,51)/t31-,32-,33-/m0/s1. The van der Waals surface area contributed by atoms with Crippen LogP contribution in [0.2, 0.25) is 0 Å². The van der Waals surface area contributed by atoms with Gasteiger partial charge in [-0.1, -0.05) is 85.5 Å². The smallest absolute Gasteiger partial charge is 0.408 e. The predicted molar refractivity (Wildman–Crippen MR) is 261 cm³/mol. The summed E-state index contributed by atoms with van der Waals surface area (Å²) in [7, 11) is 12.9. The third kappa shape index (κ3) is 22.5. The van der Waals surface area contributed by atoms with Gasteiger partial charge in [-0.15, -0.1) is 0 Å². The van der Waals surface area contributed by atoms with Crippen LogP contribution in [-0.4, -0.2) is 110 Å². The lowest BCUT2D eigenvalue weighted by Crippen LogP contribution is -2.45. The van der Waals surface area contributed by atoms with Crippen molar-refractivity contribution in [2.24, 2.45) is 0 Å². The summed E-state index contributed by atoms with van der Waals surface area (Å²) in [5, 5.41) is 7.91. The van der Waals surface area contributed by atoms with E-state index in [1.165, 1.54) is 87.1 Å². The van der Waals surface area contributed by atoms with Crippen LogP contribution in [0.4, 0.5) is 14.4 Å². The van der Waals surface area contributed by atoms with Crippen LogP contribution in [0.25, 0.3) is 0 Å². The molecule has 0 bridgehead atoms. The molecule has 0 aliphatic heterocycles. The molecule has 0 saturated heterocycles. The summed E-state index contributed by atoms with van der Waals surface area (Å²) in [6, 6.07) is -2.77. The zero-order valence-electron chi connectivity index (χ0n) is 39.4. The van der Waals surface area contributed by atoms with E-state index in [-0.39, 0.29) is 17.3 Å². The van der Waals surface area contributed by atoms with Gasteiger partial charge in [0.15, 0.2) is 0 Å². The Labute approximate surface area is 398 Å². The van der Waals surface area contributed by atoms with Gasteiger partial charge in [-0.25, -0.2) is 28.8 Å². The fourth-order valence-corrected chi connectivity index (χ4v) is 12.7. The number of methoxy groups -OCH3 is 3. The lowest BCUT2D eigenvalue weighted by molar-refractivity contribution is -0.143. The molecular formula is C42H69N3O12S6. The summed E-state index contributed by atoms with van der Waals surface area (Å²) in [5.41, 5.74) is 4.97. The molecule has 15 nitrogen and oxygen atoms in total. The maximum absolute atomic E-state index is 12.7. The Morgan fingerprint density at radius 1 is 0.413 bits per heavy atom. The molecule has 3 amide bonds. The first-order chi connectivity index (χ1) is 29.3. The topological polar surface area (TPSA) is 194 Å². The van der Waals surface area contributed by atoms with Gasteiger partial charge < -0.3 is 44.4 Å². The Kier molecular flexibility index (Phi) is 26.5. The molecule has 0 unspecified atom stereocenters. The maximum Gasteiger partial charge on any atom is 0.408 e. The minimum atomic E-state index is -0.925. The molecule has 0 aliphatic carbocycles. The van der Waals surface area contributed by atoms with Crippen LogP contribution in [0.15, 0.2) is 0 Å². The van der Waals surface area contributed by atoms with Crippen LogP contribution in [0.5, 0.6) is 0 Å². The normalized spacial score (nSPS) is 13.2. The van der Waals surface area contributed by atoms with E-state index in [0.29, 0.717) is 17.3 Å². The number of carbonyl (C=O) groups is 6. The molecule has 21 heteroatoms. The van der Waals surface area contributed by atoms with Gasteiger partial charge in [-0.3, -0.25) is 0 Å². The quantitative estimate of drug-likeness (QED) is 0.0384. The van der Waals surface area contributed by atoms with E-state index in [2.05, 4.69) is 36.7 Å². The molecule has 1 aromatic rings. The average Bonchev–Trinajstić information content (AvgIpc) is 3.17. The van der Waals surface area contributed by atoms with Crippen molar-refractivity contribution < 1.29 is 57.2 Å². The summed E-state index contributed by atoms with van der Waals surface area (Å²) in [6.07, 6.45) is 0.107. The number of amides is 3. The molecule has 0 saturated carbocycles. The lowest BCUT2D eigenvalue weighted by atomic mass is 9.85. The fourth-order valence-electron chi connectivity index (χ4n) is 5.83. The van der Waals surface area contributed by atoms with Crippen LogP contribution < -0.4 is 16.0 Å². The number of ether oxygens (including phenoxy) is 6. The number of esters is 3. The molecule has 1 aromatic carbocycles. The summed E-state index contributed by atoms with van der Waals surface area (Å²) in [4.78, 5) is 75.7. The second-order valence-corrected chi connectivity index (χ2v) is 24.3. The molecule has 0 heterocycles. The Balaban J connectivity index is 3.55. The van der Waals surface area contributed by atoms with E-state index >= 15 is 0 Å².